The van der Waals surface area contributed by atoms with Gasteiger partial charge in [0.2, 0.25) is 5.91 Å². The maximum atomic E-state index is 11.7. The zero-order chi connectivity index (χ0) is 15.2. The van der Waals surface area contributed by atoms with Gasteiger partial charge in [-0.1, -0.05) is 26.0 Å². The van der Waals surface area contributed by atoms with Crippen molar-refractivity contribution >= 4 is 17.5 Å². The molecule has 2 aromatic rings. The molecule has 0 saturated heterocycles. The van der Waals surface area contributed by atoms with E-state index < -0.39 is 0 Å². The summed E-state index contributed by atoms with van der Waals surface area (Å²) in [6, 6.07) is 7.30. The summed E-state index contributed by atoms with van der Waals surface area (Å²) in [6.07, 6.45) is 1.36. The second kappa shape index (κ2) is 6.65. The normalized spacial score (nSPS) is 10.4. The van der Waals surface area contributed by atoms with E-state index in [4.69, 9.17) is 0 Å². The smallest absolute Gasteiger partial charge is 0.273 e. The van der Waals surface area contributed by atoms with Crippen molar-refractivity contribution in [2.24, 2.45) is 5.92 Å². The predicted octanol–water partition coefficient (Wildman–Crippen LogP) is 1.33. The third-order valence-electron chi connectivity index (χ3n) is 2.85. The van der Waals surface area contributed by atoms with Crippen LogP contribution >= 0.6 is 0 Å². The molecule has 0 aliphatic carbocycles. The Morgan fingerprint density at radius 1 is 1.24 bits per heavy atom. The number of H-pyrrole nitrogens is 1. The zero-order valence-electron chi connectivity index (χ0n) is 11.9. The fraction of sp³-hybridized carbons (Fsp3) is 0.286. The molecule has 0 aliphatic heterocycles. The number of amides is 2. The molecule has 1 aromatic heterocycles. The van der Waals surface area contributed by atoms with Crippen LogP contribution in [0, 0.1) is 5.92 Å². The van der Waals surface area contributed by atoms with Crippen molar-refractivity contribution < 1.29 is 9.59 Å². The summed E-state index contributed by atoms with van der Waals surface area (Å²) in [4.78, 5) is 23.2. The van der Waals surface area contributed by atoms with E-state index in [1.54, 1.807) is 12.1 Å². The molecule has 110 valence electrons. The van der Waals surface area contributed by atoms with Crippen LogP contribution in [0.15, 0.2) is 30.5 Å². The van der Waals surface area contributed by atoms with Crippen molar-refractivity contribution in [3.63, 3.8) is 0 Å². The predicted molar refractivity (Wildman–Crippen MR) is 77.5 cm³/mol. The van der Waals surface area contributed by atoms with Gasteiger partial charge in [-0.2, -0.15) is 15.4 Å². The highest BCUT2D eigenvalue weighted by molar-refractivity contribution is 5.92. The van der Waals surface area contributed by atoms with E-state index in [1.807, 2.05) is 26.0 Å². The van der Waals surface area contributed by atoms with Crippen molar-refractivity contribution in [3.8, 4) is 0 Å². The Morgan fingerprint density at radius 3 is 2.52 bits per heavy atom. The highest BCUT2D eigenvalue weighted by Crippen LogP contribution is 2.11. The Hall–Kier alpha value is -2.70. The highest BCUT2D eigenvalue weighted by Gasteiger charge is 2.09. The average molecular weight is 287 g/mol. The number of benzene rings is 1. The van der Waals surface area contributed by atoms with Crippen LogP contribution in [0.4, 0.5) is 5.69 Å². The SMILES string of the molecule is CC(C)C(=O)Nc1ccc(CNC(=O)c2cn[nH]n2)cc1. The van der Waals surface area contributed by atoms with Gasteiger partial charge >= 0.3 is 0 Å². The fourth-order valence-corrected chi connectivity index (χ4v) is 1.58. The minimum atomic E-state index is -0.291. The monoisotopic (exact) mass is 287 g/mol. The molecule has 21 heavy (non-hydrogen) atoms. The first-order chi connectivity index (χ1) is 10.1. The molecule has 0 spiro atoms. The Bertz CT molecular complexity index is 605. The zero-order valence-corrected chi connectivity index (χ0v) is 11.9. The molecule has 1 heterocycles. The van der Waals surface area contributed by atoms with Gasteiger partial charge in [0.1, 0.15) is 0 Å². The molecule has 0 fully saturated rings. The summed E-state index contributed by atoms with van der Waals surface area (Å²) in [6.45, 7) is 4.05. The molecule has 1 aromatic carbocycles. The van der Waals surface area contributed by atoms with Crippen molar-refractivity contribution in [1.82, 2.24) is 20.7 Å². The Balaban J connectivity index is 1.88. The second-order valence-corrected chi connectivity index (χ2v) is 4.88. The van der Waals surface area contributed by atoms with Gasteiger partial charge in [-0.3, -0.25) is 9.59 Å². The van der Waals surface area contributed by atoms with E-state index in [1.165, 1.54) is 6.20 Å². The van der Waals surface area contributed by atoms with Gasteiger partial charge in [-0.15, -0.1) is 0 Å². The number of aromatic nitrogens is 3. The van der Waals surface area contributed by atoms with E-state index in [2.05, 4.69) is 26.0 Å². The lowest BCUT2D eigenvalue weighted by Gasteiger charge is -2.08. The van der Waals surface area contributed by atoms with Crippen LogP contribution in [0.1, 0.15) is 29.9 Å². The number of carbonyl (C=O) groups excluding carboxylic acids is 2. The maximum Gasteiger partial charge on any atom is 0.273 e. The first kappa shape index (κ1) is 14.7. The fourth-order valence-electron chi connectivity index (χ4n) is 1.58. The van der Waals surface area contributed by atoms with Gasteiger partial charge in [-0.25, -0.2) is 0 Å². The van der Waals surface area contributed by atoms with Crippen molar-refractivity contribution in [1.29, 1.82) is 0 Å². The molecule has 0 bridgehead atoms. The van der Waals surface area contributed by atoms with E-state index in [9.17, 15) is 9.59 Å². The summed E-state index contributed by atoms with van der Waals surface area (Å²) in [5.41, 5.74) is 1.91. The summed E-state index contributed by atoms with van der Waals surface area (Å²) in [5, 5.41) is 15.2. The molecule has 7 nitrogen and oxygen atoms in total. The third-order valence-corrected chi connectivity index (χ3v) is 2.85. The van der Waals surface area contributed by atoms with Crippen LogP contribution < -0.4 is 10.6 Å². The number of carbonyl (C=O) groups is 2. The first-order valence-corrected chi connectivity index (χ1v) is 6.60. The second-order valence-electron chi connectivity index (χ2n) is 4.88. The largest absolute Gasteiger partial charge is 0.347 e. The Labute approximate surface area is 122 Å². The molecule has 0 radical (unpaired) electrons. The summed E-state index contributed by atoms with van der Waals surface area (Å²) >= 11 is 0. The van der Waals surface area contributed by atoms with Crippen molar-refractivity contribution in [2.45, 2.75) is 20.4 Å². The van der Waals surface area contributed by atoms with Crippen LogP contribution in [0.5, 0.6) is 0 Å². The van der Waals surface area contributed by atoms with Gasteiger partial charge in [0.25, 0.3) is 5.91 Å². The summed E-state index contributed by atoms with van der Waals surface area (Å²) < 4.78 is 0. The standard InChI is InChI=1S/C14H17N5O2/c1-9(2)13(20)17-11-5-3-10(4-6-11)7-15-14(21)12-8-16-19-18-12/h3-6,8-9H,7H2,1-2H3,(H,15,21)(H,17,20)(H,16,18,19). The van der Waals surface area contributed by atoms with Crippen LogP contribution in [0.3, 0.4) is 0 Å². The van der Waals surface area contributed by atoms with Crippen LogP contribution in [0.25, 0.3) is 0 Å². The number of hydrogen-bond donors (Lipinski definition) is 3. The molecule has 2 amide bonds. The topological polar surface area (TPSA) is 99.8 Å². The molecule has 3 N–H and O–H groups in total. The van der Waals surface area contributed by atoms with Crippen LogP contribution in [0.2, 0.25) is 0 Å². The van der Waals surface area contributed by atoms with E-state index in [0.717, 1.165) is 11.3 Å². The Morgan fingerprint density at radius 2 is 1.95 bits per heavy atom. The molecular formula is C14H17N5O2. The van der Waals surface area contributed by atoms with Gasteiger partial charge in [0, 0.05) is 18.2 Å². The lowest BCUT2D eigenvalue weighted by molar-refractivity contribution is -0.118. The number of anilines is 1. The number of aromatic amines is 1. The minimum absolute atomic E-state index is 0.0258. The third kappa shape index (κ3) is 4.13. The minimum Gasteiger partial charge on any atom is -0.347 e. The van der Waals surface area contributed by atoms with Gasteiger partial charge in [0.15, 0.2) is 5.69 Å². The van der Waals surface area contributed by atoms with Crippen molar-refractivity contribution in [3.05, 3.63) is 41.7 Å². The van der Waals surface area contributed by atoms with Gasteiger partial charge in [-0.05, 0) is 17.7 Å². The molecule has 0 atom stereocenters. The molecule has 0 saturated carbocycles. The molecule has 7 heteroatoms. The Kier molecular flexibility index (Phi) is 4.65. The highest BCUT2D eigenvalue weighted by atomic mass is 16.2. The summed E-state index contributed by atoms with van der Waals surface area (Å²) in [5.74, 6) is -0.380. The molecular weight excluding hydrogens is 270 g/mol. The quantitative estimate of drug-likeness (QED) is 0.772. The van der Waals surface area contributed by atoms with Crippen LogP contribution in [-0.2, 0) is 11.3 Å². The lowest BCUT2D eigenvalue weighted by Crippen LogP contribution is -2.23. The molecule has 0 aliphatic rings. The molecule has 2 rings (SSSR count). The average Bonchev–Trinajstić information content (AvgIpc) is 3.00. The number of nitrogens with zero attached hydrogens (tertiary/aromatic N) is 2. The van der Waals surface area contributed by atoms with Crippen LogP contribution in [-0.4, -0.2) is 27.2 Å². The van der Waals surface area contributed by atoms with Crippen molar-refractivity contribution in [2.75, 3.05) is 5.32 Å². The van der Waals surface area contributed by atoms with E-state index >= 15 is 0 Å². The molecule has 0 unspecified atom stereocenters. The number of rotatable bonds is 5. The lowest BCUT2D eigenvalue weighted by atomic mass is 10.1. The maximum absolute atomic E-state index is 11.7. The van der Waals surface area contributed by atoms with Gasteiger partial charge < -0.3 is 10.6 Å². The summed E-state index contributed by atoms with van der Waals surface area (Å²) in [7, 11) is 0. The van der Waals surface area contributed by atoms with E-state index in [-0.39, 0.29) is 23.4 Å². The number of nitrogens with one attached hydrogen (secondary N) is 3. The number of hydrogen-bond acceptors (Lipinski definition) is 4. The first-order valence-electron chi connectivity index (χ1n) is 6.60. The van der Waals surface area contributed by atoms with Gasteiger partial charge in [0.05, 0.1) is 6.20 Å². The van der Waals surface area contributed by atoms with E-state index in [0.29, 0.717) is 6.54 Å².